The molecule has 0 radical (unpaired) electrons. The SMILES string of the molecule is Cc1cc(C)cc(C(=O)NC(=NCCc2c(C)nn(C)c2C)Nc2cc(C)ccc2C)c1. The number of nitrogens with zero attached hydrogens (tertiary/aromatic N) is 3. The van der Waals surface area contributed by atoms with E-state index in [4.69, 9.17) is 4.99 Å². The van der Waals surface area contributed by atoms with Gasteiger partial charge in [-0.25, -0.2) is 0 Å². The van der Waals surface area contributed by atoms with Crippen molar-refractivity contribution in [3.05, 3.63) is 81.2 Å². The van der Waals surface area contributed by atoms with Crippen LogP contribution in [0.3, 0.4) is 0 Å². The summed E-state index contributed by atoms with van der Waals surface area (Å²) >= 11 is 0. The molecule has 6 heteroatoms. The lowest BCUT2D eigenvalue weighted by Crippen LogP contribution is -2.36. The van der Waals surface area contributed by atoms with Crippen molar-refractivity contribution >= 4 is 17.6 Å². The number of carbonyl (C=O) groups is 1. The number of aliphatic imine (C=N–C) groups is 1. The largest absolute Gasteiger partial charge is 0.326 e. The Bertz CT molecular complexity index is 1150. The molecule has 32 heavy (non-hydrogen) atoms. The van der Waals surface area contributed by atoms with E-state index in [0.29, 0.717) is 18.1 Å². The van der Waals surface area contributed by atoms with Crippen molar-refractivity contribution in [3.8, 4) is 0 Å². The number of aryl methyl sites for hydroxylation is 6. The molecular formula is C26H33N5O. The van der Waals surface area contributed by atoms with E-state index >= 15 is 0 Å². The Kier molecular flexibility index (Phi) is 7.13. The van der Waals surface area contributed by atoms with Gasteiger partial charge in [-0.05, 0) is 82.9 Å². The van der Waals surface area contributed by atoms with E-state index in [1.54, 1.807) is 0 Å². The third-order valence-electron chi connectivity index (χ3n) is 5.65. The van der Waals surface area contributed by atoms with Crippen LogP contribution in [0, 0.1) is 41.5 Å². The molecule has 3 rings (SSSR count). The van der Waals surface area contributed by atoms with Crippen LogP contribution in [-0.4, -0.2) is 28.2 Å². The van der Waals surface area contributed by atoms with Crippen LogP contribution in [0.5, 0.6) is 0 Å². The summed E-state index contributed by atoms with van der Waals surface area (Å²) in [5.74, 6) is 0.268. The van der Waals surface area contributed by atoms with Crippen LogP contribution in [-0.2, 0) is 13.5 Å². The zero-order valence-electron chi connectivity index (χ0n) is 20.1. The van der Waals surface area contributed by atoms with Crippen molar-refractivity contribution in [2.75, 3.05) is 11.9 Å². The zero-order chi connectivity index (χ0) is 23.4. The van der Waals surface area contributed by atoms with Gasteiger partial charge in [0.1, 0.15) is 0 Å². The molecule has 0 bridgehead atoms. The third kappa shape index (κ3) is 5.63. The van der Waals surface area contributed by atoms with E-state index in [1.165, 1.54) is 5.56 Å². The number of anilines is 1. The Hall–Kier alpha value is -3.41. The first-order chi connectivity index (χ1) is 15.1. The highest BCUT2D eigenvalue weighted by atomic mass is 16.1. The third-order valence-corrected chi connectivity index (χ3v) is 5.65. The van der Waals surface area contributed by atoms with Gasteiger partial charge in [0.2, 0.25) is 5.96 Å². The maximum atomic E-state index is 13.0. The van der Waals surface area contributed by atoms with Crippen molar-refractivity contribution in [1.29, 1.82) is 0 Å². The molecule has 1 aromatic heterocycles. The molecule has 0 spiro atoms. The molecule has 0 fully saturated rings. The van der Waals surface area contributed by atoms with Gasteiger partial charge in [-0.3, -0.25) is 19.8 Å². The second-order valence-corrected chi connectivity index (χ2v) is 8.53. The van der Waals surface area contributed by atoms with Gasteiger partial charge >= 0.3 is 0 Å². The van der Waals surface area contributed by atoms with Gasteiger partial charge in [0.05, 0.1) is 5.69 Å². The summed E-state index contributed by atoms with van der Waals surface area (Å²) in [7, 11) is 1.95. The first-order valence-corrected chi connectivity index (χ1v) is 10.9. The zero-order valence-corrected chi connectivity index (χ0v) is 20.1. The Morgan fingerprint density at radius 1 is 0.969 bits per heavy atom. The minimum absolute atomic E-state index is 0.179. The monoisotopic (exact) mass is 431 g/mol. The maximum Gasteiger partial charge on any atom is 0.257 e. The van der Waals surface area contributed by atoms with Crippen LogP contribution in [0.1, 0.15) is 49.6 Å². The number of hydrogen-bond donors (Lipinski definition) is 2. The van der Waals surface area contributed by atoms with Gasteiger partial charge < -0.3 is 5.32 Å². The molecule has 0 aliphatic heterocycles. The van der Waals surface area contributed by atoms with E-state index in [9.17, 15) is 4.79 Å². The number of nitrogens with one attached hydrogen (secondary N) is 2. The quantitative estimate of drug-likeness (QED) is 0.454. The number of hydrogen-bond acceptors (Lipinski definition) is 3. The van der Waals surface area contributed by atoms with Crippen LogP contribution in [0.2, 0.25) is 0 Å². The summed E-state index contributed by atoms with van der Waals surface area (Å²) in [4.78, 5) is 17.7. The van der Waals surface area contributed by atoms with Crippen molar-refractivity contribution < 1.29 is 4.79 Å². The fourth-order valence-electron chi connectivity index (χ4n) is 3.85. The van der Waals surface area contributed by atoms with E-state index in [1.807, 2.05) is 58.5 Å². The van der Waals surface area contributed by atoms with E-state index in [2.05, 4.69) is 46.9 Å². The fraction of sp³-hybridized carbons (Fsp3) is 0.346. The second-order valence-electron chi connectivity index (χ2n) is 8.53. The van der Waals surface area contributed by atoms with Crippen LogP contribution in [0.4, 0.5) is 5.69 Å². The maximum absolute atomic E-state index is 13.0. The Labute approximate surface area is 190 Å². The minimum Gasteiger partial charge on any atom is -0.326 e. The predicted molar refractivity (Wildman–Crippen MR) is 132 cm³/mol. The van der Waals surface area contributed by atoms with Crippen LogP contribution in [0.15, 0.2) is 41.4 Å². The number of benzene rings is 2. The van der Waals surface area contributed by atoms with Gasteiger partial charge in [-0.2, -0.15) is 5.10 Å². The van der Waals surface area contributed by atoms with Gasteiger partial charge in [-0.1, -0.05) is 29.3 Å². The molecule has 2 aromatic carbocycles. The Morgan fingerprint density at radius 2 is 1.66 bits per heavy atom. The standard InChI is InChI=1S/C26H33N5O/c1-16-8-9-19(4)24(15-16)28-26(27-11-10-23-20(5)30-31(7)21(23)6)29-25(32)22-13-17(2)12-18(3)14-22/h8-9,12-15H,10-11H2,1-7H3,(H2,27,28,29,32). The van der Waals surface area contributed by atoms with Crippen molar-refractivity contribution in [1.82, 2.24) is 15.1 Å². The molecular weight excluding hydrogens is 398 g/mol. The molecule has 0 aliphatic rings. The minimum atomic E-state index is -0.179. The summed E-state index contributed by atoms with van der Waals surface area (Å²) in [5.41, 5.74) is 9.24. The van der Waals surface area contributed by atoms with E-state index < -0.39 is 0 Å². The molecule has 0 unspecified atom stereocenters. The van der Waals surface area contributed by atoms with E-state index in [0.717, 1.165) is 45.7 Å². The van der Waals surface area contributed by atoms with Gasteiger partial charge in [0.15, 0.2) is 0 Å². The van der Waals surface area contributed by atoms with Crippen LogP contribution >= 0.6 is 0 Å². The summed E-state index contributed by atoms with van der Waals surface area (Å²) in [6.07, 6.45) is 0.753. The smallest absolute Gasteiger partial charge is 0.257 e. The van der Waals surface area contributed by atoms with E-state index in [-0.39, 0.29) is 5.91 Å². The van der Waals surface area contributed by atoms with Gasteiger partial charge in [0, 0.05) is 30.5 Å². The normalized spacial score (nSPS) is 11.5. The highest BCUT2D eigenvalue weighted by Gasteiger charge is 2.13. The number of aromatic nitrogens is 2. The molecule has 0 saturated carbocycles. The second kappa shape index (κ2) is 9.81. The summed E-state index contributed by atoms with van der Waals surface area (Å²) < 4.78 is 1.89. The molecule has 2 N–H and O–H groups in total. The molecule has 1 amide bonds. The average Bonchev–Trinajstić information content (AvgIpc) is 2.95. The predicted octanol–water partition coefficient (Wildman–Crippen LogP) is 4.71. The lowest BCUT2D eigenvalue weighted by Gasteiger charge is -2.15. The van der Waals surface area contributed by atoms with Crippen LogP contribution in [0.25, 0.3) is 0 Å². The summed E-state index contributed by atoms with van der Waals surface area (Å²) in [6, 6.07) is 12.0. The lowest BCUT2D eigenvalue weighted by atomic mass is 10.1. The van der Waals surface area contributed by atoms with Gasteiger partial charge in [0.25, 0.3) is 5.91 Å². The molecule has 0 atom stereocenters. The Balaban J connectivity index is 1.85. The number of amides is 1. The molecule has 6 nitrogen and oxygen atoms in total. The lowest BCUT2D eigenvalue weighted by molar-refractivity contribution is 0.0976. The summed E-state index contributed by atoms with van der Waals surface area (Å²) in [5, 5.41) is 10.8. The molecule has 3 aromatic rings. The molecule has 168 valence electrons. The molecule has 1 heterocycles. The topological polar surface area (TPSA) is 71.3 Å². The van der Waals surface area contributed by atoms with Crippen LogP contribution < -0.4 is 10.6 Å². The van der Waals surface area contributed by atoms with Crippen molar-refractivity contribution in [2.45, 2.75) is 48.0 Å². The fourth-order valence-corrected chi connectivity index (χ4v) is 3.85. The van der Waals surface area contributed by atoms with Crippen molar-refractivity contribution in [3.63, 3.8) is 0 Å². The number of rotatable bonds is 5. The highest BCUT2D eigenvalue weighted by molar-refractivity contribution is 6.10. The molecule has 0 saturated heterocycles. The highest BCUT2D eigenvalue weighted by Crippen LogP contribution is 2.17. The van der Waals surface area contributed by atoms with Crippen molar-refractivity contribution in [2.24, 2.45) is 12.0 Å². The number of carbonyl (C=O) groups excluding carboxylic acids is 1. The van der Waals surface area contributed by atoms with Gasteiger partial charge in [-0.15, -0.1) is 0 Å². The Morgan fingerprint density at radius 3 is 2.28 bits per heavy atom. The summed E-state index contributed by atoms with van der Waals surface area (Å²) in [6.45, 7) is 12.7. The number of guanidine groups is 1. The first kappa shape index (κ1) is 23.3. The molecule has 0 aliphatic carbocycles. The first-order valence-electron chi connectivity index (χ1n) is 10.9. The average molecular weight is 432 g/mol.